The van der Waals surface area contributed by atoms with Gasteiger partial charge in [-0.3, -0.25) is 9.59 Å². The number of carbonyl (C=O) groups excluding carboxylic acids is 1. The van der Waals surface area contributed by atoms with Crippen molar-refractivity contribution in [2.75, 3.05) is 0 Å². The van der Waals surface area contributed by atoms with E-state index >= 15 is 0 Å². The van der Waals surface area contributed by atoms with E-state index in [4.69, 9.17) is 0 Å². The quantitative estimate of drug-likeness (QED) is 0.795. The van der Waals surface area contributed by atoms with Crippen LogP contribution in [-0.4, -0.2) is 16.9 Å². The molecule has 0 aromatic rings. The Morgan fingerprint density at radius 3 is 2.59 bits per heavy atom. The van der Waals surface area contributed by atoms with E-state index < -0.39 is 11.4 Å². The van der Waals surface area contributed by atoms with Crippen LogP contribution in [0.5, 0.6) is 0 Å². The molecule has 0 radical (unpaired) electrons. The summed E-state index contributed by atoms with van der Waals surface area (Å²) in [4.78, 5) is 24.3. The molecule has 0 aliphatic heterocycles. The van der Waals surface area contributed by atoms with E-state index in [9.17, 15) is 14.7 Å². The maximum Gasteiger partial charge on any atom is 0.309 e. The molecular weight excluding hydrogens is 276 g/mol. The monoisotopic (exact) mass is 304 g/mol. The second-order valence-corrected chi connectivity index (χ2v) is 9.21. The third kappa shape index (κ3) is 1.63. The zero-order valence-electron chi connectivity index (χ0n) is 13.9. The Bertz CT molecular complexity index is 541. The number of rotatable bonds is 1. The fourth-order valence-corrected chi connectivity index (χ4v) is 7.43. The lowest BCUT2D eigenvalue weighted by Gasteiger charge is -2.63. The molecule has 4 fully saturated rings. The van der Waals surface area contributed by atoms with Crippen LogP contribution in [0.4, 0.5) is 0 Å². The van der Waals surface area contributed by atoms with Gasteiger partial charge in [0.15, 0.2) is 0 Å². The van der Waals surface area contributed by atoms with Crippen molar-refractivity contribution in [2.24, 2.45) is 34.0 Å². The van der Waals surface area contributed by atoms with Crippen molar-refractivity contribution in [3.8, 4) is 0 Å². The molecule has 2 bridgehead atoms. The van der Waals surface area contributed by atoms with Gasteiger partial charge in [0.1, 0.15) is 5.78 Å². The predicted octanol–water partition coefficient (Wildman–Crippen LogP) is 4.05. The van der Waals surface area contributed by atoms with Crippen LogP contribution >= 0.6 is 0 Å². The molecule has 22 heavy (non-hydrogen) atoms. The van der Waals surface area contributed by atoms with Crippen molar-refractivity contribution in [1.82, 2.24) is 0 Å². The zero-order valence-corrected chi connectivity index (χ0v) is 13.9. The van der Waals surface area contributed by atoms with E-state index in [2.05, 4.69) is 6.92 Å². The van der Waals surface area contributed by atoms with E-state index in [1.807, 2.05) is 6.92 Å². The molecule has 0 unspecified atom stereocenters. The second-order valence-electron chi connectivity index (χ2n) is 9.21. The molecule has 3 heteroatoms. The molecule has 4 aliphatic rings. The number of ketones is 1. The van der Waals surface area contributed by atoms with Crippen LogP contribution in [0.3, 0.4) is 0 Å². The number of hydrogen-bond donors (Lipinski definition) is 1. The number of fused-ring (bicyclic) bond motifs is 3. The van der Waals surface area contributed by atoms with Gasteiger partial charge < -0.3 is 5.11 Å². The maximum atomic E-state index is 12.3. The average molecular weight is 304 g/mol. The first-order valence-corrected chi connectivity index (χ1v) is 9.08. The summed E-state index contributed by atoms with van der Waals surface area (Å²) in [5.41, 5.74) is -0.213. The first-order chi connectivity index (χ1) is 10.3. The number of Topliss-reactive ketones (excluding diaryl/α,β-unsaturated/α-hetero) is 1. The molecule has 0 amide bonds. The number of carboxylic acid groups (broad SMARTS) is 1. The van der Waals surface area contributed by atoms with Crippen molar-refractivity contribution in [1.29, 1.82) is 0 Å². The lowest BCUT2D eigenvalue weighted by atomic mass is 9.41. The molecule has 6 atom stereocenters. The summed E-state index contributed by atoms with van der Waals surface area (Å²) in [6.07, 6.45) is 9.20. The fraction of sp³-hybridized carbons (Fsp3) is 0.895. The Morgan fingerprint density at radius 2 is 1.86 bits per heavy atom. The first kappa shape index (κ1) is 14.7. The molecule has 1 spiro atoms. The van der Waals surface area contributed by atoms with Gasteiger partial charge in [-0.1, -0.05) is 13.3 Å². The standard InChI is InChI=1S/C19H28O3/c1-17-7-3-8-18(2,16(21)22)14(17)6-9-19-10-12(13(20)11-19)4-5-15(17)19/h12,14-15H,3-11H2,1-2H3,(H,21,22)/t12-,14+,15-,17-,18-,19-/m0/s1. The fourth-order valence-electron chi connectivity index (χ4n) is 7.43. The van der Waals surface area contributed by atoms with Crippen LogP contribution in [0.25, 0.3) is 0 Å². The summed E-state index contributed by atoms with van der Waals surface area (Å²) < 4.78 is 0. The Kier molecular flexibility index (Phi) is 2.92. The normalized spacial score (nSPS) is 53.7. The molecule has 4 rings (SSSR count). The summed E-state index contributed by atoms with van der Waals surface area (Å²) in [7, 11) is 0. The van der Waals surface area contributed by atoms with E-state index in [0.29, 0.717) is 17.6 Å². The van der Waals surface area contributed by atoms with Gasteiger partial charge in [0.05, 0.1) is 5.41 Å². The van der Waals surface area contributed by atoms with Crippen molar-refractivity contribution in [3.63, 3.8) is 0 Å². The molecule has 0 aromatic carbocycles. The minimum Gasteiger partial charge on any atom is -0.481 e. The average Bonchev–Trinajstić information content (AvgIpc) is 2.68. The number of aliphatic carboxylic acids is 1. The summed E-state index contributed by atoms with van der Waals surface area (Å²) >= 11 is 0. The number of carboxylic acids is 1. The lowest BCUT2D eigenvalue weighted by Crippen LogP contribution is -2.58. The summed E-state index contributed by atoms with van der Waals surface area (Å²) in [6, 6.07) is 0. The van der Waals surface area contributed by atoms with Gasteiger partial charge in [-0.05, 0) is 74.5 Å². The van der Waals surface area contributed by atoms with Crippen LogP contribution < -0.4 is 0 Å². The molecule has 3 nitrogen and oxygen atoms in total. The SMILES string of the molecule is C[C@]12CCC[C@](C)(C(=O)O)[C@@H]1CC[C@]13CC(=O)[C@@H](CC[C@H]12)C3. The summed E-state index contributed by atoms with van der Waals surface area (Å²) in [6.45, 7) is 4.35. The van der Waals surface area contributed by atoms with Crippen LogP contribution in [-0.2, 0) is 9.59 Å². The van der Waals surface area contributed by atoms with Crippen molar-refractivity contribution >= 4 is 11.8 Å². The summed E-state index contributed by atoms with van der Waals surface area (Å²) in [5, 5.41) is 9.86. The van der Waals surface area contributed by atoms with Crippen LogP contribution in [0.2, 0.25) is 0 Å². The Labute approximate surface area is 132 Å². The van der Waals surface area contributed by atoms with Crippen LogP contribution in [0.1, 0.15) is 71.6 Å². The largest absolute Gasteiger partial charge is 0.481 e. The van der Waals surface area contributed by atoms with Gasteiger partial charge in [-0.15, -0.1) is 0 Å². The Hall–Kier alpha value is -0.860. The molecule has 4 aliphatic carbocycles. The highest BCUT2D eigenvalue weighted by Crippen LogP contribution is 2.70. The highest BCUT2D eigenvalue weighted by Gasteiger charge is 2.65. The molecule has 1 N–H and O–H groups in total. The van der Waals surface area contributed by atoms with Crippen LogP contribution in [0.15, 0.2) is 0 Å². The topological polar surface area (TPSA) is 54.4 Å². The number of hydrogen-bond acceptors (Lipinski definition) is 2. The Balaban J connectivity index is 1.75. The highest BCUT2D eigenvalue weighted by molar-refractivity contribution is 5.84. The van der Waals surface area contributed by atoms with Crippen LogP contribution in [0, 0.1) is 34.0 Å². The van der Waals surface area contributed by atoms with Gasteiger partial charge in [-0.25, -0.2) is 0 Å². The third-order valence-corrected chi connectivity index (χ3v) is 8.37. The molecular formula is C19H28O3. The molecule has 122 valence electrons. The minimum absolute atomic E-state index is 0.124. The maximum absolute atomic E-state index is 12.3. The van der Waals surface area contributed by atoms with Crippen molar-refractivity contribution < 1.29 is 14.7 Å². The molecule has 0 aromatic heterocycles. The first-order valence-electron chi connectivity index (χ1n) is 9.08. The van der Waals surface area contributed by atoms with E-state index in [0.717, 1.165) is 57.8 Å². The van der Waals surface area contributed by atoms with Gasteiger partial charge >= 0.3 is 5.97 Å². The minimum atomic E-state index is -0.601. The summed E-state index contributed by atoms with van der Waals surface area (Å²) in [5.74, 6) is 1.08. The van der Waals surface area contributed by atoms with Gasteiger partial charge in [-0.2, -0.15) is 0 Å². The van der Waals surface area contributed by atoms with E-state index in [1.165, 1.54) is 0 Å². The molecule has 0 saturated heterocycles. The second kappa shape index (κ2) is 4.36. The zero-order chi connectivity index (χ0) is 15.8. The van der Waals surface area contributed by atoms with Gasteiger partial charge in [0.25, 0.3) is 0 Å². The van der Waals surface area contributed by atoms with Gasteiger partial charge in [0, 0.05) is 12.3 Å². The van der Waals surface area contributed by atoms with E-state index in [-0.39, 0.29) is 16.7 Å². The number of carbonyl (C=O) groups is 2. The van der Waals surface area contributed by atoms with E-state index in [1.54, 1.807) is 0 Å². The van der Waals surface area contributed by atoms with Crippen molar-refractivity contribution in [2.45, 2.75) is 71.6 Å². The van der Waals surface area contributed by atoms with Crippen molar-refractivity contribution in [3.05, 3.63) is 0 Å². The molecule has 4 saturated carbocycles. The third-order valence-electron chi connectivity index (χ3n) is 8.37. The smallest absolute Gasteiger partial charge is 0.309 e. The Morgan fingerprint density at radius 1 is 1.09 bits per heavy atom. The predicted molar refractivity (Wildman–Crippen MR) is 83.3 cm³/mol. The lowest BCUT2D eigenvalue weighted by molar-refractivity contribution is -0.181. The highest BCUT2D eigenvalue weighted by atomic mass is 16.4. The van der Waals surface area contributed by atoms with Gasteiger partial charge in [0.2, 0.25) is 0 Å². The molecule has 0 heterocycles.